The highest BCUT2D eigenvalue weighted by Gasteiger charge is 2.44. The van der Waals surface area contributed by atoms with E-state index in [-0.39, 0.29) is 11.4 Å². The molecule has 1 aromatic carbocycles. The van der Waals surface area contributed by atoms with E-state index in [0.717, 1.165) is 18.4 Å². The Balaban J connectivity index is 1.49. The molecule has 1 aromatic heterocycles. The summed E-state index contributed by atoms with van der Waals surface area (Å²) in [6.45, 7) is 1.12. The lowest BCUT2D eigenvalue weighted by Gasteiger charge is -2.15. The molecule has 2 N–H and O–H groups in total. The second kappa shape index (κ2) is 7.13. The van der Waals surface area contributed by atoms with Gasteiger partial charge in [-0.2, -0.15) is 11.3 Å². The maximum atomic E-state index is 12.1. The fraction of sp³-hybridized carbons (Fsp3) is 0.389. The Bertz CT molecular complexity index is 696. The van der Waals surface area contributed by atoms with Gasteiger partial charge in [0.15, 0.2) is 11.5 Å². The molecule has 2 amide bonds. The molecule has 0 bridgehead atoms. The number of ether oxygens (including phenoxy) is 2. The van der Waals surface area contributed by atoms with Crippen LogP contribution < -0.4 is 20.1 Å². The van der Waals surface area contributed by atoms with Gasteiger partial charge in [-0.3, -0.25) is 0 Å². The number of carbonyl (C=O) groups is 1. The third kappa shape index (κ3) is 3.64. The highest BCUT2D eigenvalue weighted by atomic mass is 32.1. The molecule has 0 aliphatic heterocycles. The standard InChI is InChI=1S/C18H22N2O3S/c1-22-15-4-3-13(9-16(15)23-2)10-19-17(21)20-12-18(6-7-18)14-5-8-24-11-14/h3-5,8-9,11H,6-7,10,12H2,1-2H3,(H2,19,20,21). The zero-order chi connectivity index (χ0) is 17.0. The van der Waals surface area contributed by atoms with E-state index in [9.17, 15) is 4.79 Å². The number of nitrogens with one attached hydrogen (secondary N) is 2. The van der Waals surface area contributed by atoms with Gasteiger partial charge in [-0.15, -0.1) is 0 Å². The van der Waals surface area contributed by atoms with Crippen molar-refractivity contribution in [1.82, 2.24) is 10.6 Å². The van der Waals surface area contributed by atoms with Crippen LogP contribution in [0.25, 0.3) is 0 Å². The molecular weight excluding hydrogens is 324 g/mol. The molecular formula is C18H22N2O3S. The van der Waals surface area contributed by atoms with E-state index >= 15 is 0 Å². The van der Waals surface area contributed by atoms with Crippen molar-refractivity contribution in [2.75, 3.05) is 20.8 Å². The van der Waals surface area contributed by atoms with Crippen LogP contribution in [-0.4, -0.2) is 26.8 Å². The predicted molar refractivity (Wildman–Crippen MR) is 95.0 cm³/mol. The summed E-state index contributed by atoms with van der Waals surface area (Å²) in [5.74, 6) is 1.34. The van der Waals surface area contributed by atoms with Crippen molar-refractivity contribution in [3.63, 3.8) is 0 Å². The van der Waals surface area contributed by atoms with Crippen LogP contribution >= 0.6 is 11.3 Å². The van der Waals surface area contributed by atoms with Crippen LogP contribution in [0.2, 0.25) is 0 Å². The summed E-state index contributed by atoms with van der Waals surface area (Å²) >= 11 is 1.70. The molecule has 24 heavy (non-hydrogen) atoms. The molecule has 0 spiro atoms. The van der Waals surface area contributed by atoms with E-state index in [1.54, 1.807) is 25.6 Å². The van der Waals surface area contributed by atoms with E-state index in [0.29, 0.717) is 24.6 Å². The Morgan fingerprint density at radius 1 is 1.17 bits per heavy atom. The molecule has 5 nitrogen and oxygen atoms in total. The van der Waals surface area contributed by atoms with Crippen LogP contribution in [0.4, 0.5) is 4.79 Å². The second-order valence-electron chi connectivity index (χ2n) is 6.02. The van der Waals surface area contributed by atoms with Gasteiger partial charge in [0.05, 0.1) is 14.2 Å². The summed E-state index contributed by atoms with van der Waals surface area (Å²) in [5, 5.41) is 10.1. The van der Waals surface area contributed by atoms with Gasteiger partial charge in [0.25, 0.3) is 0 Å². The maximum Gasteiger partial charge on any atom is 0.315 e. The Kier molecular flexibility index (Phi) is 4.94. The lowest BCUT2D eigenvalue weighted by Crippen LogP contribution is -2.39. The van der Waals surface area contributed by atoms with Crippen molar-refractivity contribution in [3.8, 4) is 11.5 Å². The lowest BCUT2D eigenvalue weighted by molar-refractivity contribution is 0.239. The molecule has 128 valence electrons. The van der Waals surface area contributed by atoms with Gasteiger partial charge in [-0.05, 0) is 52.9 Å². The number of carbonyl (C=O) groups excluding carboxylic acids is 1. The number of amides is 2. The average Bonchev–Trinajstić information content (AvgIpc) is 3.20. The first-order valence-corrected chi connectivity index (χ1v) is 8.86. The Morgan fingerprint density at radius 3 is 2.58 bits per heavy atom. The number of urea groups is 1. The molecule has 0 radical (unpaired) electrons. The maximum absolute atomic E-state index is 12.1. The molecule has 1 aliphatic rings. The van der Waals surface area contributed by atoms with Crippen LogP contribution in [0, 0.1) is 0 Å². The molecule has 1 aliphatic carbocycles. The Hall–Kier alpha value is -2.21. The largest absolute Gasteiger partial charge is 0.493 e. The van der Waals surface area contributed by atoms with Crippen LogP contribution in [-0.2, 0) is 12.0 Å². The summed E-state index contributed by atoms with van der Waals surface area (Å²) in [6.07, 6.45) is 2.28. The summed E-state index contributed by atoms with van der Waals surface area (Å²) in [4.78, 5) is 12.1. The van der Waals surface area contributed by atoms with E-state index in [1.165, 1.54) is 5.56 Å². The molecule has 1 saturated carbocycles. The molecule has 0 atom stereocenters. The lowest BCUT2D eigenvalue weighted by atomic mass is 9.99. The van der Waals surface area contributed by atoms with Gasteiger partial charge in [-0.25, -0.2) is 4.79 Å². The first-order chi connectivity index (χ1) is 11.7. The van der Waals surface area contributed by atoms with E-state index in [2.05, 4.69) is 27.5 Å². The summed E-state index contributed by atoms with van der Waals surface area (Å²) in [7, 11) is 3.20. The van der Waals surface area contributed by atoms with Crippen molar-refractivity contribution >= 4 is 17.4 Å². The summed E-state index contributed by atoms with van der Waals surface area (Å²) in [5.41, 5.74) is 2.45. The SMILES string of the molecule is COc1ccc(CNC(=O)NCC2(c3ccsc3)CC2)cc1OC. The van der Waals surface area contributed by atoms with Gasteiger partial charge in [-0.1, -0.05) is 6.07 Å². The van der Waals surface area contributed by atoms with Crippen molar-refractivity contribution < 1.29 is 14.3 Å². The van der Waals surface area contributed by atoms with Crippen LogP contribution in [0.5, 0.6) is 11.5 Å². The molecule has 0 unspecified atom stereocenters. The van der Waals surface area contributed by atoms with E-state index in [4.69, 9.17) is 9.47 Å². The van der Waals surface area contributed by atoms with Crippen molar-refractivity contribution in [2.24, 2.45) is 0 Å². The minimum absolute atomic E-state index is 0.147. The van der Waals surface area contributed by atoms with Gasteiger partial charge >= 0.3 is 6.03 Å². The zero-order valence-corrected chi connectivity index (χ0v) is 14.7. The monoisotopic (exact) mass is 346 g/mol. The minimum Gasteiger partial charge on any atom is -0.493 e. The first-order valence-electron chi connectivity index (χ1n) is 7.92. The number of methoxy groups -OCH3 is 2. The highest BCUT2D eigenvalue weighted by Crippen LogP contribution is 2.48. The molecule has 6 heteroatoms. The molecule has 3 rings (SSSR count). The number of rotatable bonds is 7. The van der Waals surface area contributed by atoms with Crippen molar-refractivity contribution in [1.29, 1.82) is 0 Å². The van der Waals surface area contributed by atoms with Crippen molar-refractivity contribution in [3.05, 3.63) is 46.2 Å². The third-order valence-corrected chi connectivity index (χ3v) is 5.16. The predicted octanol–water partition coefficient (Wildman–Crippen LogP) is 3.30. The minimum atomic E-state index is -0.147. The Labute approximate surface area is 146 Å². The molecule has 2 aromatic rings. The van der Waals surface area contributed by atoms with Gasteiger partial charge in [0.1, 0.15) is 0 Å². The van der Waals surface area contributed by atoms with Crippen molar-refractivity contribution in [2.45, 2.75) is 24.8 Å². The smallest absolute Gasteiger partial charge is 0.315 e. The summed E-state index contributed by atoms with van der Waals surface area (Å²) < 4.78 is 10.5. The van der Waals surface area contributed by atoms with Gasteiger partial charge < -0.3 is 20.1 Å². The first kappa shape index (κ1) is 16.6. The van der Waals surface area contributed by atoms with E-state index < -0.39 is 0 Å². The molecule has 0 saturated heterocycles. The zero-order valence-electron chi connectivity index (χ0n) is 13.9. The normalized spacial score (nSPS) is 14.8. The second-order valence-corrected chi connectivity index (χ2v) is 6.80. The van der Waals surface area contributed by atoms with Crippen LogP contribution in [0.15, 0.2) is 35.0 Å². The van der Waals surface area contributed by atoms with Gasteiger partial charge in [0, 0.05) is 18.5 Å². The van der Waals surface area contributed by atoms with Gasteiger partial charge in [0.2, 0.25) is 0 Å². The van der Waals surface area contributed by atoms with Crippen LogP contribution in [0.3, 0.4) is 0 Å². The fourth-order valence-electron chi connectivity index (χ4n) is 2.77. The number of thiophene rings is 1. The third-order valence-electron chi connectivity index (χ3n) is 4.48. The van der Waals surface area contributed by atoms with E-state index in [1.807, 2.05) is 18.2 Å². The average molecular weight is 346 g/mol. The summed E-state index contributed by atoms with van der Waals surface area (Å²) in [6, 6.07) is 7.62. The number of benzene rings is 1. The molecule has 1 heterocycles. The quantitative estimate of drug-likeness (QED) is 0.809. The molecule has 1 fully saturated rings. The number of hydrogen-bond donors (Lipinski definition) is 2. The highest BCUT2D eigenvalue weighted by molar-refractivity contribution is 7.08. The number of hydrogen-bond acceptors (Lipinski definition) is 4. The fourth-order valence-corrected chi connectivity index (χ4v) is 3.55. The van der Waals surface area contributed by atoms with Crippen LogP contribution in [0.1, 0.15) is 24.0 Å². The topological polar surface area (TPSA) is 59.6 Å². The Morgan fingerprint density at radius 2 is 1.96 bits per heavy atom.